The van der Waals surface area contributed by atoms with Crippen molar-refractivity contribution in [1.29, 1.82) is 0 Å². The standard InChI is InChI=1S/C5H10F2N2/c6-5(7)1-4(2-5)9-3-8/h4,9H,1-3,8H2. The van der Waals surface area contributed by atoms with Crippen molar-refractivity contribution in [3.63, 3.8) is 0 Å². The van der Waals surface area contributed by atoms with E-state index in [9.17, 15) is 8.78 Å². The van der Waals surface area contributed by atoms with E-state index in [2.05, 4.69) is 5.32 Å². The molecule has 0 aliphatic heterocycles. The molecule has 1 saturated carbocycles. The maximum absolute atomic E-state index is 12.0. The normalized spacial score (nSPS) is 25.7. The first-order valence-electron chi connectivity index (χ1n) is 2.95. The lowest BCUT2D eigenvalue weighted by Crippen LogP contribution is -2.49. The van der Waals surface area contributed by atoms with Crippen LogP contribution in [0.5, 0.6) is 0 Å². The van der Waals surface area contributed by atoms with Gasteiger partial charge in [0, 0.05) is 25.6 Å². The molecule has 0 aromatic carbocycles. The quantitative estimate of drug-likeness (QED) is 0.535. The minimum atomic E-state index is -2.42. The lowest BCUT2D eigenvalue weighted by molar-refractivity contribution is -0.0923. The van der Waals surface area contributed by atoms with Gasteiger partial charge in [-0.05, 0) is 0 Å². The largest absolute Gasteiger partial charge is 0.318 e. The molecule has 0 atom stereocenters. The second-order valence-corrected chi connectivity index (χ2v) is 2.37. The van der Waals surface area contributed by atoms with Crippen molar-refractivity contribution in [3.05, 3.63) is 0 Å². The number of halogens is 2. The highest BCUT2D eigenvalue weighted by Gasteiger charge is 2.44. The molecular weight excluding hydrogens is 126 g/mol. The summed E-state index contributed by atoms with van der Waals surface area (Å²) in [6.07, 6.45) is -0.103. The van der Waals surface area contributed by atoms with Crippen LogP contribution in [-0.4, -0.2) is 18.6 Å². The zero-order chi connectivity index (χ0) is 6.91. The maximum Gasteiger partial charge on any atom is 0.251 e. The molecule has 0 aromatic heterocycles. The molecule has 0 aromatic rings. The summed E-state index contributed by atoms with van der Waals surface area (Å²) in [5.41, 5.74) is 5.07. The lowest BCUT2D eigenvalue weighted by atomic mass is 9.88. The van der Waals surface area contributed by atoms with Gasteiger partial charge in [-0.15, -0.1) is 0 Å². The highest BCUT2D eigenvalue weighted by Crippen LogP contribution is 2.36. The monoisotopic (exact) mass is 136 g/mol. The number of hydrogen-bond acceptors (Lipinski definition) is 2. The number of nitrogens with one attached hydrogen (secondary N) is 1. The van der Waals surface area contributed by atoms with E-state index in [4.69, 9.17) is 5.73 Å². The fourth-order valence-corrected chi connectivity index (χ4v) is 0.972. The van der Waals surface area contributed by atoms with Gasteiger partial charge >= 0.3 is 0 Å². The Morgan fingerprint density at radius 3 is 2.44 bits per heavy atom. The summed E-state index contributed by atoms with van der Waals surface area (Å²) in [5.74, 6) is -2.42. The first kappa shape index (κ1) is 6.89. The number of rotatable bonds is 2. The summed E-state index contributed by atoms with van der Waals surface area (Å²) >= 11 is 0. The maximum atomic E-state index is 12.0. The summed E-state index contributed by atoms with van der Waals surface area (Å²) in [5, 5.41) is 2.74. The molecule has 2 nitrogen and oxygen atoms in total. The van der Waals surface area contributed by atoms with Crippen molar-refractivity contribution in [2.75, 3.05) is 6.67 Å². The SMILES string of the molecule is NCNC1CC(F)(F)C1. The molecule has 0 spiro atoms. The Hall–Kier alpha value is -0.220. The van der Waals surface area contributed by atoms with E-state index >= 15 is 0 Å². The molecule has 0 saturated heterocycles. The Balaban J connectivity index is 2.12. The highest BCUT2D eigenvalue weighted by molar-refractivity contribution is 4.90. The molecule has 0 radical (unpaired) electrons. The molecule has 3 N–H and O–H groups in total. The minimum Gasteiger partial charge on any atom is -0.318 e. The van der Waals surface area contributed by atoms with Gasteiger partial charge in [-0.1, -0.05) is 0 Å². The summed E-state index contributed by atoms with van der Waals surface area (Å²) in [4.78, 5) is 0. The number of nitrogens with two attached hydrogens (primary N) is 1. The van der Waals surface area contributed by atoms with E-state index in [1.807, 2.05) is 0 Å². The minimum absolute atomic E-state index is 0.0509. The van der Waals surface area contributed by atoms with Crippen LogP contribution in [0.3, 0.4) is 0 Å². The van der Waals surface area contributed by atoms with Crippen molar-refractivity contribution in [3.8, 4) is 0 Å². The fourth-order valence-electron chi connectivity index (χ4n) is 0.972. The second-order valence-electron chi connectivity index (χ2n) is 2.37. The van der Waals surface area contributed by atoms with E-state index in [-0.39, 0.29) is 18.9 Å². The average molecular weight is 136 g/mol. The van der Waals surface area contributed by atoms with Gasteiger partial charge in [0.15, 0.2) is 0 Å². The van der Waals surface area contributed by atoms with Crippen molar-refractivity contribution in [2.24, 2.45) is 5.73 Å². The predicted molar refractivity (Wildman–Crippen MR) is 30.2 cm³/mol. The van der Waals surface area contributed by atoms with Crippen LogP contribution in [-0.2, 0) is 0 Å². The van der Waals surface area contributed by atoms with E-state index in [1.54, 1.807) is 0 Å². The Bertz CT molecular complexity index is 97.1. The third-order valence-electron chi connectivity index (χ3n) is 1.50. The number of hydrogen-bond donors (Lipinski definition) is 2. The molecule has 0 bridgehead atoms. The van der Waals surface area contributed by atoms with E-state index < -0.39 is 5.92 Å². The molecule has 0 amide bonds. The van der Waals surface area contributed by atoms with Gasteiger partial charge in [0.2, 0.25) is 0 Å². The van der Waals surface area contributed by atoms with Crippen LogP contribution >= 0.6 is 0 Å². The van der Waals surface area contributed by atoms with Gasteiger partial charge in [-0.3, -0.25) is 0 Å². The topological polar surface area (TPSA) is 38.0 Å². The summed E-state index contributed by atoms with van der Waals surface area (Å²) in [7, 11) is 0. The van der Waals surface area contributed by atoms with E-state index in [0.717, 1.165) is 0 Å². The van der Waals surface area contributed by atoms with Crippen LogP contribution < -0.4 is 11.1 Å². The van der Waals surface area contributed by atoms with Crippen molar-refractivity contribution in [2.45, 2.75) is 24.8 Å². The smallest absolute Gasteiger partial charge is 0.251 e. The van der Waals surface area contributed by atoms with E-state index in [1.165, 1.54) is 0 Å². The van der Waals surface area contributed by atoms with Crippen LogP contribution in [0, 0.1) is 0 Å². The molecule has 1 rings (SSSR count). The lowest BCUT2D eigenvalue weighted by Gasteiger charge is -2.35. The summed E-state index contributed by atoms with van der Waals surface area (Å²) in [6.45, 7) is 0.292. The summed E-state index contributed by atoms with van der Waals surface area (Å²) < 4.78 is 24.1. The van der Waals surface area contributed by atoms with Crippen LogP contribution in [0.4, 0.5) is 8.78 Å². The molecule has 9 heavy (non-hydrogen) atoms. The molecule has 1 aliphatic rings. The Labute approximate surface area is 52.4 Å². The third-order valence-corrected chi connectivity index (χ3v) is 1.50. The third kappa shape index (κ3) is 1.59. The molecule has 1 fully saturated rings. The average Bonchev–Trinajstić information content (AvgIpc) is 1.62. The van der Waals surface area contributed by atoms with Gasteiger partial charge < -0.3 is 11.1 Å². The van der Waals surface area contributed by atoms with Gasteiger partial charge in [-0.25, -0.2) is 8.78 Å². The van der Waals surface area contributed by atoms with Gasteiger partial charge in [0.1, 0.15) is 0 Å². The highest BCUT2D eigenvalue weighted by atomic mass is 19.3. The molecular formula is C5H10F2N2. The fraction of sp³-hybridized carbons (Fsp3) is 1.00. The van der Waals surface area contributed by atoms with Gasteiger partial charge in [-0.2, -0.15) is 0 Å². The zero-order valence-electron chi connectivity index (χ0n) is 5.03. The molecule has 0 unspecified atom stereocenters. The Morgan fingerprint density at radius 2 is 2.11 bits per heavy atom. The first-order chi connectivity index (χ1) is 4.14. The molecule has 1 aliphatic carbocycles. The van der Waals surface area contributed by atoms with Gasteiger partial charge in [0.25, 0.3) is 5.92 Å². The number of alkyl halides is 2. The predicted octanol–water partition coefficient (Wildman–Crippen LogP) is 0.290. The zero-order valence-corrected chi connectivity index (χ0v) is 5.03. The first-order valence-corrected chi connectivity index (χ1v) is 2.95. The van der Waals surface area contributed by atoms with Crippen molar-refractivity contribution < 1.29 is 8.78 Å². The van der Waals surface area contributed by atoms with Crippen molar-refractivity contribution in [1.82, 2.24) is 5.32 Å². The molecule has 54 valence electrons. The van der Waals surface area contributed by atoms with Crippen LogP contribution in [0.25, 0.3) is 0 Å². The summed E-state index contributed by atoms with van der Waals surface area (Å²) in [6, 6.07) is -0.0509. The van der Waals surface area contributed by atoms with Crippen LogP contribution in [0.1, 0.15) is 12.8 Å². The van der Waals surface area contributed by atoms with Crippen molar-refractivity contribution >= 4 is 0 Å². The Morgan fingerprint density at radius 1 is 1.56 bits per heavy atom. The molecule has 0 heterocycles. The molecule has 4 heteroatoms. The van der Waals surface area contributed by atoms with Gasteiger partial charge in [0.05, 0.1) is 0 Å². The van der Waals surface area contributed by atoms with Crippen LogP contribution in [0.2, 0.25) is 0 Å². The Kier molecular flexibility index (Phi) is 1.68. The van der Waals surface area contributed by atoms with Crippen LogP contribution in [0.15, 0.2) is 0 Å². The van der Waals surface area contributed by atoms with E-state index in [0.29, 0.717) is 6.67 Å². The second kappa shape index (κ2) is 2.19.